The number of amides is 1. The predicted molar refractivity (Wildman–Crippen MR) is 51.7 cm³/mol. The van der Waals surface area contributed by atoms with Crippen LogP contribution in [0.2, 0.25) is 0 Å². The third-order valence-corrected chi connectivity index (χ3v) is 2.87. The van der Waals surface area contributed by atoms with E-state index in [1.54, 1.807) is 4.90 Å². The zero-order valence-corrected chi connectivity index (χ0v) is 8.86. The number of carboxylic acid groups (broad SMARTS) is 1. The van der Waals surface area contributed by atoms with Crippen molar-refractivity contribution in [3.63, 3.8) is 0 Å². The van der Waals surface area contributed by atoms with E-state index in [2.05, 4.69) is 0 Å². The molecule has 0 aliphatic carbocycles. The summed E-state index contributed by atoms with van der Waals surface area (Å²) in [7, 11) is 0. The number of nitrogens with zero attached hydrogens (tertiary/aromatic N) is 1. The van der Waals surface area contributed by atoms with Gasteiger partial charge < -0.3 is 10.0 Å². The van der Waals surface area contributed by atoms with Gasteiger partial charge in [0, 0.05) is 25.9 Å². The number of carboxylic acids is 1. The third-order valence-electron chi connectivity index (χ3n) is 2.87. The first kappa shape index (κ1) is 11.0. The second-order valence-corrected chi connectivity index (χ2v) is 4.29. The van der Waals surface area contributed by atoms with Crippen LogP contribution in [-0.4, -0.2) is 35.0 Å². The lowest BCUT2D eigenvalue weighted by molar-refractivity contribution is -0.152. The van der Waals surface area contributed by atoms with E-state index in [1.807, 2.05) is 13.8 Å². The van der Waals surface area contributed by atoms with E-state index in [0.717, 1.165) is 0 Å². The minimum absolute atomic E-state index is 0.0362. The number of likely N-dealkylation sites (tertiary alicyclic amines) is 1. The number of carbonyl (C=O) groups excluding carboxylic acids is 1. The van der Waals surface area contributed by atoms with Crippen LogP contribution in [0.1, 0.15) is 20.8 Å². The highest BCUT2D eigenvalue weighted by atomic mass is 16.4. The monoisotopic (exact) mass is 199 g/mol. The third kappa shape index (κ3) is 2.05. The van der Waals surface area contributed by atoms with Gasteiger partial charge in [-0.2, -0.15) is 0 Å². The Morgan fingerprint density at radius 2 is 1.86 bits per heavy atom. The van der Waals surface area contributed by atoms with Crippen LogP contribution in [0.4, 0.5) is 0 Å². The van der Waals surface area contributed by atoms with Gasteiger partial charge in [0.1, 0.15) is 0 Å². The zero-order valence-electron chi connectivity index (χ0n) is 8.86. The van der Waals surface area contributed by atoms with Gasteiger partial charge in [-0.05, 0) is 5.92 Å². The lowest BCUT2D eigenvalue weighted by Gasteiger charge is -2.42. The smallest absolute Gasteiger partial charge is 0.307 e. The number of rotatable bonds is 3. The number of hydrogen-bond acceptors (Lipinski definition) is 2. The van der Waals surface area contributed by atoms with Crippen molar-refractivity contribution in [2.45, 2.75) is 20.8 Å². The molecule has 1 aliphatic heterocycles. The summed E-state index contributed by atoms with van der Waals surface area (Å²) in [5, 5.41) is 9.00. The summed E-state index contributed by atoms with van der Waals surface area (Å²) in [6, 6.07) is 0. The molecule has 0 saturated carbocycles. The van der Waals surface area contributed by atoms with Crippen LogP contribution in [-0.2, 0) is 9.59 Å². The summed E-state index contributed by atoms with van der Waals surface area (Å²) in [5.41, 5.74) is 0. The molecule has 0 aromatic rings. The van der Waals surface area contributed by atoms with Crippen molar-refractivity contribution in [2.75, 3.05) is 13.1 Å². The Kier molecular flexibility index (Phi) is 3.13. The van der Waals surface area contributed by atoms with Crippen LogP contribution in [0, 0.1) is 17.8 Å². The molecule has 1 unspecified atom stereocenters. The van der Waals surface area contributed by atoms with Crippen LogP contribution in [0.5, 0.6) is 0 Å². The Balaban J connectivity index is 2.51. The molecule has 1 fully saturated rings. The molecule has 1 amide bonds. The first-order valence-corrected chi connectivity index (χ1v) is 4.91. The molecule has 80 valence electrons. The van der Waals surface area contributed by atoms with E-state index < -0.39 is 5.97 Å². The molecule has 1 atom stereocenters. The molecule has 0 bridgehead atoms. The molecule has 4 heteroatoms. The molecule has 0 radical (unpaired) electrons. The van der Waals surface area contributed by atoms with Crippen molar-refractivity contribution in [3.8, 4) is 0 Å². The maximum Gasteiger partial charge on any atom is 0.307 e. The second kappa shape index (κ2) is 3.98. The Hall–Kier alpha value is -1.06. The largest absolute Gasteiger partial charge is 0.481 e. The summed E-state index contributed by atoms with van der Waals surface area (Å²) in [4.78, 5) is 23.5. The van der Waals surface area contributed by atoms with Gasteiger partial charge in [0.05, 0.1) is 5.92 Å². The van der Waals surface area contributed by atoms with Crippen molar-refractivity contribution in [3.05, 3.63) is 0 Å². The summed E-state index contributed by atoms with van der Waals surface area (Å²) in [6.45, 7) is 6.54. The van der Waals surface area contributed by atoms with E-state index in [-0.39, 0.29) is 23.7 Å². The van der Waals surface area contributed by atoms with Crippen LogP contribution < -0.4 is 0 Å². The average molecular weight is 199 g/mol. The van der Waals surface area contributed by atoms with Gasteiger partial charge in [-0.25, -0.2) is 0 Å². The highest BCUT2D eigenvalue weighted by Gasteiger charge is 2.39. The fourth-order valence-corrected chi connectivity index (χ4v) is 2.03. The Bertz CT molecular complexity index is 244. The van der Waals surface area contributed by atoms with Gasteiger partial charge in [0.25, 0.3) is 0 Å². The fourth-order valence-electron chi connectivity index (χ4n) is 2.03. The quantitative estimate of drug-likeness (QED) is 0.732. The highest BCUT2D eigenvalue weighted by molar-refractivity contribution is 5.75. The number of carbonyl (C=O) groups is 2. The van der Waals surface area contributed by atoms with Crippen molar-refractivity contribution >= 4 is 11.9 Å². The van der Waals surface area contributed by atoms with Crippen molar-refractivity contribution in [1.29, 1.82) is 0 Å². The normalized spacial score (nSPS) is 19.3. The zero-order chi connectivity index (χ0) is 10.9. The van der Waals surface area contributed by atoms with Gasteiger partial charge in [0.15, 0.2) is 0 Å². The van der Waals surface area contributed by atoms with Crippen LogP contribution in [0.15, 0.2) is 0 Å². The molecule has 0 spiro atoms. The standard InChI is InChI=1S/C10H17NO3/c1-6(2)9(10(13)14)8-4-11(5-8)7(3)12/h6,8-9H,4-5H2,1-3H3,(H,13,14). The Morgan fingerprint density at radius 3 is 2.14 bits per heavy atom. The maximum atomic E-state index is 10.9. The molecule has 14 heavy (non-hydrogen) atoms. The molecular formula is C10H17NO3. The summed E-state index contributed by atoms with van der Waals surface area (Å²) in [6.07, 6.45) is 0. The summed E-state index contributed by atoms with van der Waals surface area (Å²) >= 11 is 0. The van der Waals surface area contributed by atoms with Crippen LogP contribution >= 0.6 is 0 Å². The fraction of sp³-hybridized carbons (Fsp3) is 0.800. The van der Waals surface area contributed by atoms with Crippen molar-refractivity contribution in [1.82, 2.24) is 4.90 Å². The molecule has 1 saturated heterocycles. The second-order valence-electron chi connectivity index (χ2n) is 4.29. The Morgan fingerprint density at radius 1 is 1.36 bits per heavy atom. The van der Waals surface area contributed by atoms with Crippen molar-refractivity contribution in [2.24, 2.45) is 17.8 Å². The number of hydrogen-bond donors (Lipinski definition) is 1. The van der Waals surface area contributed by atoms with E-state index in [9.17, 15) is 9.59 Å². The molecule has 1 rings (SSSR count). The minimum Gasteiger partial charge on any atom is -0.481 e. The topological polar surface area (TPSA) is 57.6 Å². The van der Waals surface area contributed by atoms with Crippen LogP contribution in [0.25, 0.3) is 0 Å². The first-order chi connectivity index (χ1) is 6.43. The molecular weight excluding hydrogens is 182 g/mol. The van der Waals surface area contributed by atoms with Gasteiger partial charge in [0.2, 0.25) is 5.91 Å². The predicted octanol–water partition coefficient (Wildman–Crippen LogP) is 0.821. The molecule has 0 aromatic carbocycles. The summed E-state index contributed by atoms with van der Waals surface area (Å²) in [5.74, 6) is -0.754. The highest BCUT2D eigenvalue weighted by Crippen LogP contribution is 2.29. The van der Waals surface area contributed by atoms with Crippen molar-refractivity contribution < 1.29 is 14.7 Å². The lowest BCUT2D eigenvalue weighted by atomic mass is 9.79. The van der Waals surface area contributed by atoms with E-state index in [4.69, 9.17) is 5.11 Å². The molecule has 1 heterocycles. The molecule has 4 nitrogen and oxygen atoms in total. The first-order valence-electron chi connectivity index (χ1n) is 4.91. The lowest BCUT2D eigenvalue weighted by Crippen LogP contribution is -2.54. The van der Waals surface area contributed by atoms with Crippen LogP contribution in [0.3, 0.4) is 0 Å². The molecule has 1 N–H and O–H groups in total. The summed E-state index contributed by atoms with van der Waals surface area (Å²) < 4.78 is 0. The van der Waals surface area contributed by atoms with E-state index >= 15 is 0 Å². The SMILES string of the molecule is CC(=O)N1CC(C(C(=O)O)C(C)C)C1. The van der Waals surface area contributed by atoms with Gasteiger partial charge in [-0.3, -0.25) is 9.59 Å². The average Bonchev–Trinajstić information content (AvgIpc) is 1.92. The van der Waals surface area contributed by atoms with E-state index in [1.165, 1.54) is 6.92 Å². The van der Waals surface area contributed by atoms with Gasteiger partial charge in [-0.15, -0.1) is 0 Å². The molecule has 1 aliphatic rings. The number of aliphatic carboxylic acids is 1. The van der Waals surface area contributed by atoms with E-state index in [0.29, 0.717) is 13.1 Å². The van der Waals surface area contributed by atoms with Gasteiger partial charge in [-0.1, -0.05) is 13.8 Å². The Labute approximate surface area is 83.9 Å². The minimum atomic E-state index is -0.742. The van der Waals surface area contributed by atoms with Gasteiger partial charge >= 0.3 is 5.97 Å². The molecule has 0 aromatic heterocycles. The maximum absolute atomic E-state index is 10.9.